The number of aryl methyl sites for hydroxylation is 4. The van der Waals surface area contributed by atoms with Crippen molar-refractivity contribution >= 4 is 34.1 Å². The van der Waals surface area contributed by atoms with Gasteiger partial charge in [-0.1, -0.05) is 0 Å². The summed E-state index contributed by atoms with van der Waals surface area (Å²) in [7, 11) is 0. The molecule has 0 aliphatic rings. The fourth-order valence-electron chi connectivity index (χ4n) is 2.28. The van der Waals surface area contributed by atoms with E-state index in [1.165, 1.54) is 0 Å². The van der Waals surface area contributed by atoms with Crippen LogP contribution in [0.2, 0.25) is 0 Å². The Morgan fingerprint density at radius 2 is 2.15 bits per heavy atom. The van der Waals surface area contributed by atoms with E-state index in [0.29, 0.717) is 5.88 Å². The van der Waals surface area contributed by atoms with Gasteiger partial charge in [-0.3, -0.25) is 0 Å². The molecule has 0 aromatic carbocycles. The molecule has 104 valence electrons. The second-order valence-electron chi connectivity index (χ2n) is 4.59. The van der Waals surface area contributed by atoms with E-state index in [-0.39, 0.29) is 0 Å². The summed E-state index contributed by atoms with van der Waals surface area (Å²) < 4.78 is 2.17. The Labute approximate surface area is 126 Å². The molecule has 3 heterocycles. The lowest BCUT2D eigenvalue weighted by Gasteiger charge is -2.06. The van der Waals surface area contributed by atoms with Crippen LogP contribution in [0.4, 0.5) is 0 Å². The first kappa shape index (κ1) is 13.5. The molecule has 0 amide bonds. The maximum Gasteiger partial charge on any atom is 0.160 e. The van der Waals surface area contributed by atoms with E-state index in [9.17, 15) is 0 Å². The number of thiazole rings is 1. The van der Waals surface area contributed by atoms with Crippen molar-refractivity contribution in [3.05, 3.63) is 40.2 Å². The van der Waals surface area contributed by atoms with Crippen molar-refractivity contribution in [2.24, 2.45) is 0 Å². The number of halogens is 1. The van der Waals surface area contributed by atoms with E-state index in [1.54, 1.807) is 11.3 Å². The van der Waals surface area contributed by atoms with Crippen LogP contribution >= 0.6 is 22.9 Å². The van der Waals surface area contributed by atoms with Crippen LogP contribution in [-0.4, -0.2) is 25.4 Å². The number of pyridine rings is 1. The summed E-state index contributed by atoms with van der Waals surface area (Å²) in [5, 5.41) is 3.14. The van der Waals surface area contributed by atoms with Gasteiger partial charge in [-0.2, -0.15) is 0 Å². The van der Waals surface area contributed by atoms with E-state index >= 15 is 0 Å². The smallest absolute Gasteiger partial charge is 0.160 e. The second-order valence-corrected chi connectivity index (χ2v) is 5.95. The zero-order valence-electron chi connectivity index (χ0n) is 11.2. The minimum absolute atomic E-state index is 0.569. The number of hydrogen-bond donors (Lipinski definition) is 0. The summed E-state index contributed by atoms with van der Waals surface area (Å²) in [6, 6.07) is 1.99. The van der Waals surface area contributed by atoms with E-state index in [1.807, 2.05) is 23.8 Å². The highest BCUT2D eigenvalue weighted by molar-refractivity contribution is 7.09. The van der Waals surface area contributed by atoms with Crippen LogP contribution < -0.4 is 0 Å². The van der Waals surface area contributed by atoms with Crippen LogP contribution in [0.3, 0.4) is 0 Å². The molecule has 3 aromatic heterocycles. The van der Waals surface area contributed by atoms with E-state index in [0.717, 1.165) is 46.9 Å². The minimum atomic E-state index is 0.569. The van der Waals surface area contributed by atoms with Gasteiger partial charge in [0.15, 0.2) is 5.65 Å². The van der Waals surface area contributed by atoms with E-state index in [4.69, 9.17) is 16.6 Å². The third-order valence-corrected chi connectivity index (χ3v) is 4.29. The molecule has 0 radical (unpaired) electrons. The lowest BCUT2D eigenvalue weighted by atomic mass is 10.3. The molecule has 20 heavy (non-hydrogen) atoms. The molecular formula is C14H15ClN4S. The Morgan fingerprint density at radius 3 is 2.90 bits per heavy atom. The summed E-state index contributed by atoms with van der Waals surface area (Å²) in [5.41, 5.74) is 3.08. The summed E-state index contributed by atoms with van der Waals surface area (Å²) >= 11 is 7.57. The molecule has 0 N–H and O–H groups in total. The van der Waals surface area contributed by atoms with Crippen LogP contribution in [0, 0.1) is 6.92 Å². The zero-order chi connectivity index (χ0) is 13.9. The van der Waals surface area contributed by atoms with Crippen LogP contribution in [0.5, 0.6) is 0 Å². The van der Waals surface area contributed by atoms with Crippen molar-refractivity contribution in [1.29, 1.82) is 0 Å². The maximum absolute atomic E-state index is 5.89. The largest absolute Gasteiger partial charge is 0.312 e. The number of aromatic nitrogens is 4. The van der Waals surface area contributed by atoms with E-state index in [2.05, 4.69) is 21.5 Å². The summed E-state index contributed by atoms with van der Waals surface area (Å²) in [6.07, 6.45) is 5.33. The van der Waals surface area contributed by atoms with E-state index < -0.39 is 0 Å². The SMILES string of the molecule is Cc1ccnc2c1nc(CCCl)n2CCc1nccs1. The number of rotatable bonds is 5. The monoisotopic (exact) mass is 306 g/mol. The highest BCUT2D eigenvalue weighted by Gasteiger charge is 2.13. The predicted molar refractivity (Wildman–Crippen MR) is 82.5 cm³/mol. The second kappa shape index (κ2) is 5.89. The summed E-state index contributed by atoms with van der Waals surface area (Å²) in [6.45, 7) is 2.90. The van der Waals surface area contributed by atoms with Gasteiger partial charge in [0.25, 0.3) is 0 Å². The average molecular weight is 307 g/mol. The normalized spacial score (nSPS) is 11.3. The molecule has 0 saturated heterocycles. The molecule has 3 rings (SSSR count). The highest BCUT2D eigenvalue weighted by atomic mass is 35.5. The van der Waals surface area contributed by atoms with Crippen LogP contribution in [-0.2, 0) is 19.4 Å². The van der Waals surface area contributed by atoms with Gasteiger partial charge in [-0.05, 0) is 18.6 Å². The molecule has 0 spiro atoms. The third-order valence-electron chi connectivity index (χ3n) is 3.27. The molecule has 0 unspecified atom stereocenters. The first-order valence-corrected chi connectivity index (χ1v) is 7.96. The van der Waals surface area contributed by atoms with Gasteiger partial charge in [0, 0.05) is 43.0 Å². The third kappa shape index (κ3) is 2.55. The zero-order valence-corrected chi connectivity index (χ0v) is 12.8. The van der Waals surface area contributed by atoms with Gasteiger partial charge in [-0.25, -0.2) is 15.0 Å². The molecule has 0 aliphatic carbocycles. The molecule has 3 aromatic rings. The lowest BCUT2D eigenvalue weighted by Crippen LogP contribution is -2.07. The van der Waals surface area contributed by atoms with Crippen LogP contribution in [0.15, 0.2) is 23.8 Å². The number of alkyl halides is 1. The van der Waals surface area contributed by atoms with Crippen molar-refractivity contribution in [2.45, 2.75) is 26.3 Å². The molecule has 0 aliphatic heterocycles. The fourth-order valence-corrected chi connectivity index (χ4v) is 3.06. The van der Waals surface area contributed by atoms with Gasteiger partial charge in [0.2, 0.25) is 0 Å². The molecule has 0 saturated carbocycles. The average Bonchev–Trinajstić information content (AvgIpc) is 3.05. The van der Waals surface area contributed by atoms with Crippen LogP contribution in [0.1, 0.15) is 16.4 Å². The van der Waals surface area contributed by atoms with Crippen molar-refractivity contribution in [3.8, 4) is 0 Å². The Balaban J connectivity index is 1.98. The molecule has 6 heteroatoms. The Morgan fingerprint density at radius 1 is 1.25 bits per heavy atom. The quantitative estimate of drug-likeness (QED) is 0.680. The predicted octanol–water partition coefficient (Wildman–Crippen LogP) is 3.22. The number of hydrogen-bond acceptors (Lipinski definition) is 4. The molecule has 4 nitrogen and oxygen atoms in total. The Hall–Kier alpha value is -1.46. The Bertz CT molecular complexity index is 705. The minimum Gasteiger partial charge on any atom is -0.312 e. The molecule has 0 fully saturated rings. The molecular weight excluding hydrogens is 292 g/mol. The Kier molecular flexibility index (Phi) is 3.98. The van der Waals surface area contributed by atoms with Crippen LogP contribution in [0.25, 0.3) is 11.2 Å². The molecule has 0 bridgehead atoms. The van der Waals surface area contributed by atoms with Crippen molar-refractivity contribution < 1.29 is 0 Å². The van der Waals surface area contributed by atoms with Crippen molar-refractivity contribution in [2.75, 3.05) is 5.88 Å². The summed E-state index contributed by atoms with van der Waals surface area (Å²) in [4.78, 5) is 13.5. The standard InChI is InChI=1S/C14H15ClN4S/c1-10-3-6-17-14-13(10)18-11(2-5-15)19(14)8-4-12-16-7-9-20-12/h3,6-7,9H,2,4-5,8H2,1H3. The van der Waals surface area contributed by atoms with Gasteiger partial charge in [0.1, 0.15) is 11.3 Å². The number of fused-ring (bicyclic) bond motifs is 1. The van der Waals surface area contributed by atoms with Crippen molar-refractivity contribution in [3.63, 3.8) is 0 Å². The van der Waals surface area contributed by atoms with Gasteiger partial charge < -0.3 is 4.57 Å². The first-order valence-electron chi connectivity index (χ1n) is 6.54. The van der Waals surface area contributed by atoms with Gasteiger partial charge in [0.05, 0.1) is 5.01 Å². The first-order chi connectivity index (χ1) is 9.79. The maximum atomic E-state index is 5.89. The van der Waals surface area contributed by atoms with Crippen molar-refractivity contribution in [1.82, 2.24) is 19.5 Å². The lowest BCUT2D eigenvalue weighted by molar-refractivity contribution is 0.668. The molecule has 0 atom stereocenters. The number of nitrogens with zero attached hydrogens (tertiary/aromatic N) is 4. The highest BCUT2D eigenvalue weighted by Crippen LogP contribution is 2.19. The topological polar surface area (TPSA) is 43.6 Å². The summed E-state index contributed by atoms with van der Waals surface area (Å²) in [5.74, 6) is 1.58. The fraction of sp³-hybridized carbons (Fsp3) is 0.357. The van der Waals surface area contributed by atoms with Gasteiger partial charge >= 0.3 is 0 Å². The van der Waals surface area contributed by atoms with Gasteiger partial charge in [-0.15, -0.1) is 22.9 Å². The number of imidazole rings is 1.